The summed E-state index contributed by atoms with van der Waals surface area (Å²) in [6.07, 6.45) is 9.14. The van der Waals surface area contributed by atoms with Gasteiger partial charge in [-0.1, -0.05) is 13.3 Å². The molecule has 1 aliphatic heterocycles. The van der Waals surface area contributed by atoms with Crippen LogP contribution in [0.2, 0.25) is 0 Å². The van der Waals surface area contributed by atoms with E-state index in [1.54, 1.807) is 16.5 Å². The molecule has 0 unspecified atom stereocenters. The largest absolute Gasteiger partial charge is 0.504 e. The van der Waals surface area contributed by atoms with Gasteiger partial charge in [-0.15, -0.1) is 15.0 Å². The SMILES string of the molecule is CCc1c(N2CCN(C(=O)c3ncnc(C)c3O)[C@H]3CC[C@@H]32)c(=O)c2nn(-c3cc(C)n(C)n3)nc2n1CC(=O)NC1CC2(CCC2)C1. The maximum atomic E-state index is 14.5. The van der Waals surface area contributed by atoms with Crippen molar-refractivity contribution in [1.29, 1.82) is 0 Å². The van der Waals surface area contributed by atoms with Crippen molar-refractivity contribution < 1.29 is 14.7 Å². The van der Waals surface area contributed by atoms with E-state index in [2.05, 4.69) is 30.4 Å². The molecule has 4 aliphatic rings. The molecule has 0 aromatic carbocycles. The van der Waals surface area contributed by atoms with Gasteiger partial charge >= 0.3 is 0 Å². The molecule has 48 heavy (non-hydrogen) atoms. The monoisotopic (exact) mass is 655 g/mol. The van der Waals surface area contributed by atoms with Crippen LogP contribution in [0.3, 0.4) is 0 Å². The molecule has 2 amide bonds. The first-order valence-corrected chi connectivity index (χ1v) is 17.0. The fourth-order valence-electron chi connectivity index (χ4n) is 8.31. The molecule has 0 radical (unpaired) electrons. The zero-order chi connectivity index (χ0) is 33.5. The average molecular weight is 656 g/mol. The molecule has 15 heteroatoms. The number of carbonyl (C=O) groups excluding carboxylic acids is 2. The van der Waals surface area contributed by atoms with Crippen LogP contribution in [0.4, 0.5) is 5.69 Å². The number of anilines is 1. The van der Waals surface area contributed by atoms with E-state index in [4.69, 9.17) is 5.10 Å². The van der Waals surface area contributed by atoms with Crippen molar-refractivity contribution >= 4 is 28.7 Å². The number of hydrogen-bond acceptors (Lipinski definition) is 10. The van der Waals surface area contributed by atoms with Crippen molar-refractivity contribution in [3.63, 3.8) is 0 Å². The number of amides is 2. The van der Waals surface area contributed by atoms with E-state index >= 15 is 0 Å². The van der Waals surface area contributed by atoms with Crippen LogP contribution in [-0.4, -0.2) is 92.3 Å². The Balaban J connectivity index is 1.16. The van der Waals surface area contributed by atoms with E-state index in [0.717, 1.165) is 31.4 Å². The molecule has 3 aliphatic carbocycles. The van der Waals surface area contributed by atoms with E-state index < -0.39 is 0 Å². The molecule has 252 valence electrons. The van der Waals surface area contributed by atoms with Gasteiger partial charge in [0.1, 0.15) is 18.6 Å². The van der Waals surface area contributed by atoms with E-state index in [0.29, 0.717) is 53.5 Å². The number of fused-ring (bicyclic) bond motifs is 2. The number of pyridine rings is 1. The number of hydrogen-bond donors (Lipinski definition) is 2. The summed E-state index contributed by atoms with van der Waals surface area (Å²) >= 11 is 0. The third kappa shape index (κ3) is 4.68. The van der Waals surface area contributed by atoms with Crippen molar-refractivity contribution in [2.75, 3.05) is 18.0 Å². The number of aromatic nitrogens is 8. The van der Waals surface area contributed by atoms with E-state index in [-0.39, 0.29) is 58.9 Å². The van der Waals surface area contributed by atoms with E-state index in [1.807, 2.05) is 31.5 Å². The van der Waals surface area contributed by atoms with E-state index in [9.17, 15) is 19.5 Å². The molecular formula is C33H41N11O4. The normalized spacial score (nSPS) is 21.5. The van der Waals surface area contributed by atoms with Gasteiger partial charge in [0, 0.05) is 49.7 Å². The predicted molar refractivity (Wildman–Crippen MR) is 175 cm³/mol. The Hall–Kier alpha value is -4.82. The third-order valence-electron chi connectivity index (χ3n) is 11.3. The minimum absolute atomic E-state index is 0.00921. The molecule has 0 bridgehead atoms. The average Bonchev–Trinajstić information content (AvgIpc) is 3.60. The summed E-state index contributed by atoms with van der Waals surface area (Å²) < 4.78 is 3.57. The summed E-state index contributed by atoms with van der Waals surface area (Å²) in [6, 6.07) is 1.74. The lowest BCUT2D eigenvalue weighted by Gasteiger charge is -2.54. The first-order valence-electron chi connectivity index (χ1n) is 17.0. The Morgan fingerprint density at radius 2 is 1.83 bits per heavy atom. The molecule has 3 saturated carbocycles. The third-order valence-corrected chi connectivity index (χ3v) is 11.3. The minimum Gasteiger partial charge on any atom is -0.504 e. The second kappa shape index (κ2) is 11.1. The highest BCUT2D eigenvalue weighted by Crippen LogP contribution is 2.55. The molecule has 4 aromatic rings. The first kappa shape index (κ1) is 30.5. The number of aromatic hydroxyl groups is 1. The first-order chi connectivity index (χ1) is 23.1. The lowest BCUT2D eigenvalue weighted by molar-refractivity contribution is -0.125. The van der Waals surface area contributed by atoms with Gasteiger partial charge in [-0.3, -0.25) is 19.1 Å². The van der Waals surface area contributed by atoms with Crippen molar-refractivity contribution in [1.82, 2.24) is 49.5 Å². The molecule has 2 atom stereocenters. The number of piperazine rings is 1. The lowest BCUT2D eigenvalue weighted by atomic mass is 9.54. The number of carbonyl (C=O) groups is 2. The summed E-state index contributed by atoms with van der Waals surface area (Å²) in [5, 5.41) is 27.7. The molecule has 4 aromatic heterocycles. The van der Waals surface area contributed by atoms with Gasteiger partial charge in [-0.25, -0.2) is 9.97 Å². The van der Waals surface area contributed by atoms with Crippen molar-refractivity contribution in [2.24, 2.45) is 12.5 Å². The van der Waals surface area contributed by atoms with E-state index in [1.165, 1.54) is 30.4 Å². The Morgan fingerprint density at radius 1 is 1.06 bits per heavy atom. The Kier molecular flexibility index (Phi) is 7.07. The van der Waals surface area contributed by atoms with Crippen LogP contribution >= 0.6 is 0 Å². The van der Waals surface area contributed by atoms with Gasteiger partial charge in [0.25, 0.3) is 5.91 Å². The minimum atomic E-state index is -0.346. The standard InChI is InChI=1S/C33H41N11O4/c1-5-21-28(41-11-12-42(23-8-7-22(23)41)32(48)27-29(46)19(3)34-17-35-27)30(47)26-31(39-44(38-26)24-13-18(2)40(4)37-24)43(21)16-25(45)36-20-14-33(15-20)9-6-10-33/h13,17,20,22-23,46H,5-12,14-16H2,1-4H3,(H,36,45)/t22-,23-/m0/s1. The van der Waals surface area contributed by atoms with Crippen LogP contribution in [0.25, 0.3) is 17.0 Å². The molecule has 1 saturated heterocycles. The summed E-state index contributed by atoms with van der Waals surface area (Å²) in [5.41, 5.74) is 3.15. The smallest absolute Gasteiger partial charge is 0.276 e. The van der Waals surface area contributed by atoms with Crippen LogP contribution < -0.4 is 15.6 Å². The molecule has 8 rings (SSSR count). The molecule has 15 nitrogen and oxygen atoms in total. The number of nitrogens with zero attached hydrogens (tertiary/aromatic N) is 10. The summed E-state index contributed by atoms with van der Waals surface area (Å²) in [4.78, 5) is 55.0. The van der Waals surface area contributed by atoms with Crippen molar-refractivity contribution in [3.05, 3.63) is 45.4 Å². The number of rotatable bonds is 7. The summed E-state index contributed by atoms with van der Waals surface area (Å²) in [5.74, 6) is -0.187. The topological polar surface area (TPSA) is 169 Å². The zero-order valence-electron chi connectivity index (χ0n) is 27.8. The number of aryl methyl sites for hydroxylation is 3. The van der Waals surface area contributed by atoms with Crippen LogP contribution in [0.1, 0.15) is 79.4 Å². The second-order valence-electron chi connectivity index (χ2n) is 14.1. The maximum absolute atomic E-state index is 14.5. The fourth-order valence-corrected chi connectivity index (χ4v) is 8.31. The van der Waals surface area contributed by atoms with Crippen molar-refractivity contribution in [3.8, 4) is 11.6 Å². The van der Waals surface area contributed by atoms with Gasteiger partial charge < -0.3 is 24.8 Å². The van der Waals surface area contributed by atoms with Gasteiger partial charge in [0.05, 0.1) is 11.7 Å². The highest BCUT2D eigenvalue weighted by Gasteiger charge is 2.49. The Labute approximate surface area is 276 Å². The molecule has 1 spiro atoms. The van der Waals surface area contributed by atoms with Crippen LogP contribution in [0.15, 0.2) is 17.2 Å². The van der Waals surface area contributed by atoms with Crippen LogP contribution in [0.5, 0.6) is 5.75 Å². The van der Waals surface area contributed by atoms with Gasteiger partial charge in [0.15, 0.2) is 28.4 Å². The van der Waals surface area contributed by atoms with Gasteiger partial charge in [-0.05, 0) is 64.2 Å². The maximum Gasteiger partial charge on any atom is 0.276 e. The van der Waals surface area contributed by atoms with Crippen molar-refractivity contribution in [2.45, 2.75) is 96.8 Å². The predicted octanol–water partition coefficient (Wildman–Crippen LogP) is 1.93. The fraction of sp³-hybridized carbons (Fsp3) is 0.576. The second-order valence-corrected chi connectivity index (χ2v) is 14.1. The summed E-state index contributed by atoms with van der Waals surface area (Å²) in [7, 11) is 1.83. The zero-order valence-corrected chi connectivity index (χ0v) is 27.8. The molecule has 2 N–H and O–H groups in total. The summed E-state index contributed by atoms with van der Waals surface area (Å²) in [6.45, 7) is 6.29. The Bertz CT molecular complexity index is 2000. The number of nitrogens with one attached hydrogen (secondary N) is 1. The van der Waals surface area contributed by atoms with Crippen LogP contribution in [-0.2, 0) is 24.8 Å². The quantitative estimate of drug-likeness (QED) is 0.300. The lowest BCUT2D eigenvalue weighted by Crippen LogP contribution is -2.67. The van der Waals surface area contributed by atoms with Crippen LogP contribution in [0, 0.1) is 19.3 Å². The molecule has 5 heterocycles. The van der Waals surface area contributed by atoms with Gasteiger partial charge in [0.2, 0.25) is 11.3 Å². The highest BCUT2D eigenvalue weighted by atomic mass is 16.3. The molecular weight excluding hydrogens is 614 g/mol. The molecule has 4 fully saturated rings. The van der Waals surface area contributed by atoms with Gasteiger partial charge in [-0.2, -0.15) is 5.10 Å². The highest BCUT2D eigenvalue weighted by molar-refractivity contribution is 5.95. The Morgan fingerprint density at radius 3 is 2.48 bits per heavy atom.